The second-order valence-corrected chi connectivity index (χ2v) is 8.41. The Kier molecular flexibility index (Phi) is 6.59. The highest BCUT2D eigenvalue weighted by atomic mass is 32.2. The average Bonchev–Trinajstić information content (AvgIpc) is 2.65. The van der Waals surface area contributed by atoms with Crippen molar-refractivity contribution in [3.8, 4) is 0 Å². The number of thioether (sulfide) groups is 1. The number of piperazine rings is 1. The van der Waals surface area contributed by atoms with Crippen molar-refractivity contribution < 1.29 is 9.59 Å². The number of benzene rings is 1. The van der Waals surface area contributed by atoms with Crippen LogP contribution in [0, 0.1) is 13.8 Å². The van der Waals surface area contributed by atoms with Gasteiger partial charge in [0.15, 0.2) is 0 Å². The quantitative estimate of drug-likeness (QED) is 0.802. The van der Waals surface area contributed by atoms with Crippen LogP contribution >= 0.6 is 11.8 Å². The molecule has 142 valence electrons. The van der Waals surface area contributed by atoms with Gasteiger partial charge < -0.3 is 15.1 Å². The van der Waals surface area contributed by atoms with Gasteiger partial charge in [0.1, 0.15) is 0 Å². The highest BCUT2D eigenvalue weighted by Gasteiger charge is 2.31. The van der Waals surface area contributed by atoms with Crippen molar-refractivity contribution in [2.75, 3.05) is 38.5 Å². The minimum Gasteiger partial charge on any atom is -0.341 e. The van der Waals surface area contributed by atoms with Gasteiger partial charge in [-0.2, -0.15) is 0 Å². The fraction of sp³-hybridized carbons (Fsp3) is 0.600. The molecule has 3 rings (SSSR count). The maximum atomic E-state index is 12.6. The van der Waals surface area contributed by atoms with Crippen molar-refractivity contribution in [3.05, 3.63) is 29.3 Å². The van der Waals surface area contributed by atoms with Gasteiger partial charge in [-0.1, -0.05) is 6.07 Å². The first kappa shape index (κ1) is 19.2. The van der Waals surface area contributed by atoms with Crippen molar-refractivity contribution in [3.63, 3.8) is 0 Å². The first-order valence-corrected chi connectivity index (χ1v) is 10.5. The summed E-state index contributed by atoms with van der Waals surface area (Å²) in [5.41, 5.74) is 2.59. The number of amides is 2. The van der Waals surface area contributed by atoms with Gasteiger partial charge in [0.25, 0.3) is 0 Å². The summed E-state index contributed by atoms with van der Waals surface area (Å²) in [5, 5.41) is 3.11. The van der Waals surface area contributed by atoms with Crippen LogP contribution in [0.2, 0.25) is 0 Å². The third-order valence-corrected chi connectivity index (χ3v) is 6.37. The van der Waals surface area contributed by atoms with E-state index in [0.29, 0.717) is 19.5 Å². The lowest BCUT2D eigenvalue weighted by Crippen LogP contribution is -2.57. The number of aryl methyl sites for hydroxylation is 2. The van der Waals surface area contributed by atoms with E-state index >= 15 is 0 Å². The first-order chi connectivity index (χ1) is 12.5. The summed E-state index contributed by atoms with van der Waals surface area (Å²) >= 11 is 1.74. The molecule has 2 aliphatic rings. The molecule has 1 atom stereocenters. The molecule has 2 fully saturated rings. The zero-order valence-corrected chi connectivity index (χ0v) is 16.6. The zero-order chi connectivity index (χ0) is 18.5. The van der Waals surface area contributed by atoms with E-state index in [9.17, 15) is 9.59 Å². The van der Waals surface area contributed by atoms with E-state index in [4.69, 9.17) is 0 Å². The number of piperidine rings is 1. The molecule has 1 N–H and O–H groups in total. The Morgan fingerprint density at radius 2 is 2.12 bits per heavy atom. The molecule has 2 heterocycles. The van der Waals surface area contributed by atoms with Crippen molar-refractivity contribution in [1.29, 1.82) is 0 Å². The van der Waals surface area contributed by atoms with Gasteiger partial charge in [0.2, 0.25) is 11.8 Å². The van der Waals surface area contributed by atoms with Crippen LogP contribution in [0.5, 0.6) is 0 Å². The second kappa shape index (κ2) is 8.91. The fourth-order valence-electron chi connectivity index (χ4n) is 3.66. The maximum absolute atomic E-state index is 12.6. The minimum absolute atomic E-state index is 0.167. The van der Waals surface area contributed by atoms with Crippen LogP contribution in [0.1, 0.15) is 30.4 Å². The van der Waals surface area contributed by atoms with Crippen molar-refractivity contribution in [1.82, 2.24) is 15.1 Å². The SMILES string of the molecule is Cc1ccc(SCCC(=O)N2CCCC(N3CCNCC3=O)C2)cc1C. The zero-order valence-electron chi connectivity index (χ0n) is 15.8. The molecular formula is C20H29N3O2S. The third-order valence-electron chi connectivity index (χ3n) is 5.38. The van der Waals surface area contributed by atoms with E-state index in [0.717, 1.165) is 38.2 Å². The summed E-state index contributed by atoms with van der Waals surface area (Å²) in [6.45, 7) is 7.79. The fourth-order valence-corrected chi connectivity index (χ4v) is 4.60. The Hall–Kier alpha value is -1.53. The van der Waals surface area contributed by atoms with Crippen LogP contribution in [0.4, 0.5) is 0 Å². The number of rotatable bonds is 5. The van der Waals surface area contributed by atoms with Crippen molar-refractivity contribution in [2.24, 2.45) is 0 Å². The van der Waals surface area contributed by atoms with Crippen molar-refractivity contribution >= 4 is 23.6 Å². The highest BCUT2D eigenvalue weighted by Crippen LogP contribution is 2.23. The van der Waals surface area contributed by atoms with Crippen LogP contribution < -0.4 is 5.32 Å². The molecule has 2 aliphatic heterocycles. The van der Waals surface area contributed by atoms with Gasteiger partial charge in [-0.15, -0.1) is 11.8 Å². The molecule has 0 radical (unpaired) electrons. The summed E-state index contributed by atoms with van der Waals surface area (Å²) in [6.07, 6.45) is 2.55. The normalized spacial score (nSPS) is 21.2. The van der Waals surface area contributed by atoms with E-state index in [2.05, 4.69) is 37.4 Å². The molecule has 2 saturated heterocycles. The molecule has 2 amide bonds. The molecule has 5 nitrogen and oxygen atoms in total. The lowest BCUT2D eigenvalue weighted by atomic mass is 10.0. The van der Waals surface area contributed by atoms with Crippen LogP contribution in [0.15, 0.2) is 23.1 Å². The van der Waals surface area contributed by atoms with E-state index < -0.39 is 0 Å². The second-order valence-electron chi connectivity index (χ2n) is 7.24. The number of hydrogen-bond acceptors (Lipinski definition) is 4. The standard InChI is InChI=1S/C20H29N3O2S/c1-15-5-6-18(12-16(15)2)26-11-7-19(24)22-9-3-4-17(14-22)23-10-8-21-13-20(23)25/h5-6,12,17,21H,3-4,7-11,13-14H2,1-2H3. The Morgan fingerprint density at radius 1 is 1.27 bits per heavy atom. The predicted molar refractivity (Wildman–Crippen MR) is 105 cm³/mol. The van der Waals surface area contributed by atoms with Gasteiger partial charge in [-0.25, -0.2) is 0 Å². The summed E-state index contributed by atoms with van der Waals surface area (Å²) in [5.74, 6) is 1.18. The van der Waals surface area contributed by atoms with Crippen molar-refractivity contribution in [2.45, 2.75) is 44.0 Å². The monoisotopic (exact) mass is 375 g/mol. The molecule has 0 saturated carbocycles. The first-order valence-electron chi connectivity index (χ1n) is 9.52. The highest BCUT2D eigenvalue weighted by molar-refractivity contribution is 7.99. The van der Waals surface area contributed by atoms with Crippen LogP contribution in [-0.4, -0.2) is 66.1 Å². The number of carbonyl (C=O) groups excluding carboxylic acids is 2. The third kappa shape index (κ3) is 4.80. The number of nitrogens with zero attached hydrogens (tertiary/aromatic N) is 2. The molecule has 1 aromatic rings. The largest absolute Gasteiger partial charge is 0.341 e. The van der Waals surface area contributed by atoms with E-state index in [1.165, 1.54) is 16.0 Å². The summed E-state index contributed by atoms with van der Waals surface area (Å²) in [4.78, 5) is 29.9. The van der Waals surface area contributed by atoms with E-state index in [1.54, 1.807) is 11.8 Å². The number of hydrogen-bond donors (Lipinski definition) is 1. The minimum atomic E-state index is 0.167. The molecular weight excluding hydrogens is 346 g/mol. The summed E-state index contributed by atoms with van der Waals surface area (Å²) in [6, 6.07) is 6.65. The van der Waals surface area contributed by atoms with E-state index in [1.807, 2.05) is 9.80 Å². The molecule has 1 aromatic carbocycles. The molecule has 0 spiro atoms. The topological polar surface area (TPSA) is 52.7 Å². The Labute approximate surface area is 160 Å². The summed E-state index contributed by atoms with van der Waals surface area (Å²) in [7, 11) is 0. The van der Waals surface area contributed by atoms with Gasteiger partial charge >= 0.3 is 0 Å². The lowest BCUT2D eigenvalue weighted by molar-refractivity contribution is -0.140. The summed E-state index contributed by atoms with van der Waals surface area (Å²) < 4.78 is 0. The Morgan fingerprint density at radius 3 is 2.88 bits per heavy atom. The average molecular weight is 376 g/mol. The van der Waals surface area contributed by atoms with Gasteiger partial charge in [0.05, 0.1) is 6.54 Å². The number of likely N-dealkylation sites (tertiary alicyclic amines) is 1. The lowest BCUT2D eigenvalue weighted by Gasteiger charge is -2.41. The van der Waals surface area contributed by atoms with Gasteiger partial charge in [-0.3, -0.25) is 9.59 Å². The van der Waals surface area contributed by atoms with Crippen LogP contribution in [-0.2, 0) is 9.59 Å². The smallest absolute Gasteiger partial charge is 0.236 e. The molecule has 6 heteroatoms. The maximum Gasteiger partial charge on any atom is 0.236 e. The molecule has 26 heavy (non-hydrogen) atoms. The van der Waals surface area contributed by atoms with Crippen LogP contribution in [0.25, 0.3) is 0 Å². The Balaban J connectivity index is 1.47. The van der Waals surface area contributed by atoms with E-state index in [-0.39, 0.29) is 17.9 Å². The predicted octanol–water partition coefficient (Wildman–Crippen LogP) is 2.21. The Bertz CT molecular complexity index is 664. The van der Waals surface area contributed by atoms with Crippen LogP contribution in [0.3, 0.4) is 0 Å². The molecule has 0 aliphatic carbocycles. The van der Waals surface area contributed by atoms with Gasteiger partial charge in [0, 0.05) is 49.3 Å². The molecule has 0 bridgehead atoms. The molecule has 0 aromatic heterocycles. The van der Waals surface area contributed by atoms with Gasteiger partial charge in [-0.05, 0) is 49.9 Å². The molecule has 1 unspecified atom stereocenters. The number of nitrogens with one attached hydrogen (secondary N) is 1. The number of carbonyl (C=O) groups is 2.